The fraction of sp³-hybridized carbons (Fsp3) is 0.409. The molecule has 0 aliphatic carbocycles. The van der Waals surface area contributed by atoms with Crippen LogP contribution in [-0.4, -0.2) is 70.4 Å². The molecule has 1 aromatic carbocycles. The van der Waals surface area contributed by atoms with E-state index in [1.165, 1.54) is 12.3 Å². The smallest absolute Gasteiger partial charge is 0.381 e. The monoisotopic (exact) mass is 494 g/mol. The number of hydrogen-bond acceptors (Lipinski definition) is 7. The number of hydrogen-bond donors (Lipinski definition) is 1. The van der Waals surface area contributed by atoms with E-state index in [0.717, 1.165) is 12.4 Å². The Labute approximate surface area is 196 Å². The summed E-state index contributed by atoms with van der Waals surface area (Å²) in [5.41, 5.74) is -0.792. The zero-order chi connectivity index (χ0) is 25.0. The Morgan fingerprint density at radius 2 is 1.77 bits per heavy atom. The summed E-state index contributed by atoms with van der Waals surface area (Å²) in [7, 11) is 0. The zero-order valence-corrected chi connectivity index (χ0v) is 18.5. The number of halogens is 4. The van der Waals surface area contributed by atoms with Crippen LogP contribution in [0.25, 0.3) is 10.8 Å². The van der Waals surface area contributed by atoms with Crippen LogP contribution in [0.4, 0.5) is 23.5 Å². The number of ether oxygens (including phenoxy) is 1. The van der Waals surface area contributed by atoms with Crippen molar-refractivity contribution in [3.63, 3.8) is 0 Å². The molecule has 2 aromatic heterocycles. The second-order valence-electron chi connectivity index (χ2n) is 7.94. The molecule has 13 heteroatoms. The predicted octanol–water partition coefficient (Wildman–Crippen LogP) is 2.17. The van der Waals surface area contributed by atoms with E-state index in [4.69, 9.17) is 4.74 Å². The molecule has 4 rings (SSSR count). The first-order valence-electron chi connectivity index (χ1n) is 10.9. The Balaban J connectivity index is 1.20. The van der Waals surface area contributed by atoms with Crippen molar-refractivity contribution in [2.45, 2.75) is 19.0 Å². The quantitative estimate of drug-likeness (QED) is 0.397. The highest BCUT2D eigenvalue weighted by molar-refractivity contribution is 5.84. The van der Waals surface area contributed by atoms with Crippen LogP contribution in [0, 0.1) is 5.82 Å². The zero-order valence-electron chi connectivity index (χ0n) is 18.5. The van der Waals surface area contributed by atoms with Crippen LogP contribution < -0.4 is 10.5 Å². The lowest BCUT2D eigenvalue weighted by Crippen LogP contribution is -2.49. The minimum Gasteiger partial charge on any atom is -0.381 e. The van der Waals surface area contributed by atoms with E-state index in [0.29, 0.717) is 43.5 Å². The SMILES string of the molecule is O=C(CCOCCc1ccc(F)c2c(=O)[nH]ncc12)N1CCN(c2ncc(C(F)(F)F)cn2)CC1. The molecule has 1 N–H and O–H groups in total. The molecule has 0 atom stereocenters. The number of H-pyrrole nitrogens is 1. The first-order chi connectivity index (χ1) is 16.7. The number of benzene rings is 1. The van der Waals surface area contributed by atoms with Gasteiger partial charge in [0.05, 0.1) is 36.8 Å². The van der Waals surface area contributed by atoms with Crippen molar-refractivity contribution >= 4 is 22.6 Å². The lowest BCUT2D eigenvalue weighted by atomic mass is 10.0. The average molecular weight is 494 g/mol. The molecule has 0 spiro atoms. The molecule has 1 saturated heterocycles. The lowest BCUT2D eigenvalue weighted by molar-refractivity contribution is -0.138. The van der Waals surface area contributed by atoms with Gasteiger partial charge in [-0.25, -0.2) is 19.5 Å². The summed E-state index contributed by atoms with van der Waals surface area (Å²) >= 11 is 0. The normalized spacial score (nSPS) is 14.5. The standard InChI is InChI=1S/C22H22F4N6O3/c23-17-2-1-14(16-13-29-30-20(34)19(16)17)3-9-35-10-4-18(33)31-5-7-32(8-6-31)21-27-11-15(12-28-21)22(24,25)26/h1-2,11-13H,3-10H2,(H,30,34). The van der Waals surface area contributed by atoms with Gasteiger partial charge in [0.1, 0.15) is 5.82 Å². The van der Waals surface area contributed by atoms with Crippen LogP contribution in [-0.2, 0) is 22.1 Å². The molecule has 0 saturated carbocycles. The first-order valence-corrected chi connectivity index (χ1v) is 10.9. The summed E-state index contributed by atoms with van der Waals surface area (Å²) in [4.78, 5) is 35.3. The number of amides is 1. The predicted molar refractivity (Wildman–Crippen MR) is 117 cm³/mol. The number of carbonyl (C=O) groups is 1. The third-order valence-electron chi connectivity index (χ3n) is 5.73. The summed E-state index contributed by atoms with van der Waals surface area (Å²) in [6.07, 6.45) is -1.01. The second-order valence-corrected chi connectivity index (χ2v) is 7.94. The Bertz CT molecular complexity index is 1240. The molecular weight excluding hydrogens is 472 g/mol. The van der Waals surface area contributed by atoms with Crippen molar-refractivity contribution in [1.82, 2.24) is 25.1 Å². The summed E-state index contributed by atoms with van der Waals surface area (Å²) in [5, 5.41) is 6.30. The first kappa shape index (κ1) is 24.5. The summed E-state index contributed by atoms with van der Waals surface area (Å²) in [6.45, 7) is 2.07. The molecule has 1 fully saturated rings. The van der Waals surface area contributed by atoms with E-state index in [-0.39, 0.29) is 36.9 Å². The number of rotatable bonds is 7. The molecule has 0 radical (unpaired) electrons. The summed E-state index contributed by atoms with van der Waals surface area (Å²) < 4.78 is 57.5. The van der Waals surface area contributed by atoms with Crippen LogP contribution in [0.15, 0.2) is 35.5 Å². The molecule has 1 amide bonds. The minimum atomic E-state index is -4.49. The Morgan fingerprint density at radius 3 is 2.46 bits per heavy atom. The summed E-state index contributed by atoms with van der Waals surface area (Å²) in [6, 6.07) is 2.80. The van der Waals surface area contributed by atoms with Crippen molar-refractivity contribution in [2.24, 2.45) is 0 Å². The molecule has 9 nitrogen and oxygen atoms in total. The van der Waals surface area contributed by atoms with Gasteiger partial charge < -0.3 is 14.5 Å². The van der Waals surface area contributed by atoms with Crippen LogP contribution in [0.3, 0.4) is 0 Å². The third-order valence-corrected chi connectivity index (χ3v) is 5.73. The van der Waals surface area contributed by atoms with Crippen LogP contribution >= 0.6 is 0 Å². The van der Waals surface area contributed by atoms with Gasteiger partial charge in [0.15, 0.2) is 0 Å². The van der Waals surface area contributed by atoms with E-state index < -0.39 is 23.1 Å². The van der Waals surface area contributed by atoms with Gasteiger partial charge >= 0.3 is 6.18 Å². The van der Waals surface area contributed by atoms with Gasteiger partial charge in [-0.15, -0.1) is 0 Å². The third kappa shape index (κ3) is 5.73. The molecule has 1 aliphatic heterocycles. The number of alkyl halides is 3. The fourth-order valence-electron chi connectivity index (χ4n) is 3.83. The van der Waals surface area contributed by atoms with Crippen molar-refractivity contribution in [2.75, 3.05) is 44.3 Å². The molecule has 0 unspecified atom stereocenters. The maximum absolute atomic E-state index is 13.9. The van der Waals surface area contributed by atoms with Gasteiger partial charge in [-0.3, -0.25) is 9.59 Å². The van der Waals surface area contributed by atoms with E-state index >= 15 is 0 Å². The number of piperazine rings is 1. The Morgan fingerprint density at radius 1 is 1.06 bits per heavy atom. The van der Waals surface area contributed by atoms with Gasteiger partial charge in [0.2, 0.25) is 11.9 Å². The van der Waals surface area contributed by atoms with Gasteiger partial charge in [0.25, 0.3) is 5.56 Å². The molecule has 35 heavy (non-hydrogen) atoms. The van der Waals surface area contributed by atoms with Crippen molar-refractivity contribution in [3.05, 3.63) is 58.0 Å². The maximum Gasteiger partial charge on any atom is 0.419 e. The highest BCUT2D eigenvalue weighted by atomic mass is 19.4. The van der Waals surface area contributed by atoms with E-state index in [1.807, 2.05) is 0 Å². The Hall–Kier alpha value is -3.61. The van der Waals surface area contributed by atoms with Crippen LogP contribution in [0.2, 0.25) is 0 Å². The van der Waals surface area contributed by atoms with Crippen molar-refractivity contribution in [1.29, 1.82) is 0 Å². The van der Waals surface area contributed by atoms with Crippen molar-refractivity contribution < 1.29 is 27.1 Å². The number of nitrogens with zero attached hydrogens (tertiary/aromatic N) is 5. The molecule has 186 valence electrons. The molecule has 1 aliphatic rings. The second kappa shape index (κ2) is 10.3. The van der Waals surface area contributed by atoms with Gasteiger partial charge in [-0.1, -0.05) is 6.07 Å². The number of anilines is 1. The van der Waals surface area contributed by atoms with Gasteiger partial charge in [-0.2, -0.15) is 18.3 Å². The highest BCUT2D eigenvalue weighted by Crippen LogP contribution is 2.28. The number of aromatic amines is 1. The molecular formula is C22H22F4N6O3. The number of fused-ring (bicyclic) bond motifs is 1. The number of carbonyl (C=O) groups excluding carboxylic acids is 1. The lowest BCUT2D eigenvalue weighted by Gasteiger charge is -2.34. The summed E-state index contributed by atoms with van der Waals surface area (Å²) in [5.74, 6) is -0.524. The highest BCUT2D eigenvalue weighted by Gasteiger charge is 2.32. The van der Waals surface area contributed by atoms with E-state index in [1.54, 1.807) is 15.9 Å². The van der Waals surface area contributed by atoms with Crippen LogP contribution in [0.1, 0.15) is 17.5 Å². The minimum absolute atomic E-state index is 0.0477. The number of nitrogens with one attached hydrogen (secondary N) is 1. The topological polar surface area (TPSA) is 104 Å². The van der Waals surface area contributed by atoms with Gasteiger partial charge in [0, 0.05) is 44.0 Å². The molecule has 3 aromatic rings. The Kier molecular flexibility index (Phi) is 7.24. The largest absolute Gasteiger partial charge is 0.419 e. The van der Waals surface area contributed by atoms with Crippen LogP contribution in [0.5, 0.6) is 0 Å². The van der Waals surface area contributed by atoms with Gasteiger partial charge in [-0.05, 0) is 18.1 Å². The van der Waals surface area contributed by atoms with E-state index in [2.05, 4.69) is 20.2 Å². The average Bonchev–Trinajstić information content (AvgIpc) is 2.84. The van der Waals surface area contributed by atoms with E-state index in [9.17, 15) is 27.2 Å². The number of aromatic nitrogens is 4. The van der Waals surface area contributed by atoms with Crippen molar-refractivity contribution in [3.8, 4) is 0 Å². The maximum atomic E-state index is 13.9. The fourth-order valence-corrected chi connectivity index (χ4v) is 3.83. The molecule has 0 bridgehead atoms. The molecule has 3 heterocycles.